The van der Waals surface area contributed by atoms with E-state index in [9.17, 15) is 9.59 Å². The molecule has 150 valence electrons. The molecular weight excluding hydrogens is 382 g/mol. The molecule has 0 aliphatic rings. The smallest absolute Gasteiger partial charge is 0.341 e. The zero-order valence-electron chi connectivity index (χ0n) is 17.1. The highest BCUT2D eigenvalue weighted by molar-refractivity contribution is 7.23. The van der Waals surface area contributed by atoms with Crippen molar-refractivity contribution < 1.29 is 14.3 Å². The van der Waals surface area contributed by atoms with Gasteiger partial charge in [0.05, 0.1) is 6.61 Å². The Hall–Kier alpha value is -2.92. The minimum Gasteiger partial charge on any atom is -0.462 e. The number of fused-ring (bicyclic) bond motifs is 1. The summed E-state index contributed by atoms with van der Waals surface area (Å²) in [6.07, 6.45) is 3.24. The van der Waals surface area contributed by atoms with E-state index < -0.39 is 5.97 Å². The van der Waals surface area contributed by atoms with Crippen LogP contribution in [0.5, 0.6) is 0 Å². The van der Waals surface area contributed by atoms with E-state index in [4.69, 9.17) is 4.74 Å². The van der Waals surface area contributed by atoms with Gasteiger partial charge in [-0.3, -0.25) is 4.79 Å². The van der Waals surface area contributed by atoms with Crippen LogP contribution in [0.1, 0.15) is 49.2 Å². The highest BCUT2D eigenvalue weighted by atomic mass is 32.1. The first-order valence-electron chi connectivity index (χ1n) is 9.58. The Bertz CT molecular complexity index is 1060. The van der Waals surface area contributed by atoms with Gasteiger partial charge in [0, 0.05) is 16.2 Å². The van der Waals surface area contributed by atoms with Gasteiger partial charge in [0.1, 0.15) is 10.6 Å². The average Bonchev–Trinajstić information content (AvgIpc) is 3.04. The first-order chi connectivity index (χ1) is 13.8. The molecule has 0 unspecified atom stereocenters. The normalized spacial score (nSPS) is 11.7. The number of hydrogen-bond acceptors (Lipinski definition) is 4. The molecule has 1 amide bonds. The number of ether oxygens (including phenoxy) is 1. The Balaban J connectivity index is 1.80. The lowest BCUT2D eigenvalue weighted by molar-refractivity contribution is -0.111. The third kappa shape index (κ3) is 4.93. The zero-order chi connectivity index (χ0) is 21.0. The fourth-order valence-electron chi connectivity index (χ4n) is 2.96. The summed E-state index contributed by atoms with van der Waals surface area (Å²) in [6, 6.07) is 15.7. The van der Waals surface area contributed by atoms with Gasteiger partial charge in [-0.2, -0.15) is 0 Å². The molecule has 3 rings (SSSR count). The maximum absolute atomic E-state index is 12.5. The molecule has 29 heavy (non-hydrogen) atoms. The summed E-state index contributed by atoms with van der Waals surface area (Å²) in [4.78, 5) is 24.9. The fraction of sp³-hybridized carbons (Fsp3) is 0.250. The molecule has 3 aromatic rings. The Morgan fingerprint density at radius 2 is 1.76 bits per heavy atom. The van der Waals surface area contributed by atoms with Crippen LogP contribution in [0.2, 0.25) is 0 Å². The van der Waals surface area contributed by atoms with Crippen LogP contribution < -0.4 is 5.32 Å². The van der Waals surface area contributed by atoms with Crippen LogP contribution in [0.15, 0.2) is 54.6 Å². The summed E-state index contributed by atoms with van der Waals surface area (Å²) in [5.74, 6) is -0.719. The average molecular weight is 408 g/mol. The highest BCUT2D eigenvalue weighted by Gasteiger charge is 2.21. The summed E-state index contributed by atoms with van der Waals surface area (Å²) >= 11 is 1.37. The van der Waals surface area contributed by atoms with E-state index in [2.05, 4.69) is 38.2 Å². The summed E-state index contributed by atoms with van der Waals surface area (Å²) in [7, 11) is 0. The molecule has 0 radical (unpaired) electrons. The molecule has 1 aromatic heterocycles. The van der Waals surface area contributed by atoms with Crippen LogP contribution in [0.3, 0.4) is 0 Å². The van der Waals surface area contributed by atoms with Crippen molar-refractivity contribution in [1.29, 1.82) is 0 Å². The molecule has 1 heterocycles. The lowest BCUT2D eigenvalue weighted by atomic mass is 9.87. The standard InChI is InChI=1S/C24H25NO3S/c1-5-28-23(27)21-18-8-6-7-9-19(18)29-22(21)25-20(26)15-12-16-10-13-17(14-11-16)24(2,3)4/h6-15H,5H2,1-4H3,(H,25,26). The molecule has 0 saturated heterocycles. The number of benzene rings is 2. The fourth-order valence-corrected chi connectivity index (χ4v) is 4.05. The molecular formula is C24H25NO3S. The lowest BCUT2D eigenvalue weighted by Gasteiger charge is -2.18. The summed E-state index contributed by atoms with van der Waals surface area (Å²) in [6.45, 7) is 8.53. The predicted molar refractivity (Wildman–Crippen MR) is 121 cm³/mol. The second kappa shape index (κ2) is 8.62. The number of carbonyl (C=O) groups is 2. The third-order valence-electron chi connectivity index (χ3n) is 4.52. The molecule has 2 aromatic carbocycles. The Morgan fingerprint density at radius 1 is 1.07 bits per heavy atom. The number of amides is 1. The zero-order valence-corrected chi connectivity index (χ0v) is 17.9. The summed E-state index contributed by atoms with van der Waals surface area (Å²) < 4.78 is 6.11. The van der Waals surface area contributed by atoms with Gasteiger partial charge in [0.15, 0.2) is 0 Å². The second-order valence-corrected chi connectivity index (χ2v) is 8.77. The van der Waals surface area contributed by atoms with Crippen LogP contribution in [-0.2, 0) is 14.9 Å². The van der Waals surface area contributed by atoms with Gasteiger partial charge in [-0.1, -0.05) is 63.2 Å². The second-order valence-electron chi connectivity index (χ2n) is 7.72. The minimum atomic E-state index is -0.429. The molecule has 0 bridgehead atoms. The maximum atomic E-state index is 12.5. The molecule has 0 atom stereocenters. The van der Waals surface area contributed by atoms with Crippen molar-refractivity contribution in [2.24, 2.45) is 0 Å². The Labute approximate surface area is 175 Å². The van der Waals surface area contributed by atoms with E-state index in [0.29, 0.717) is 10.6 Å². The first kappa shape index (κ1) is 20.8. The Morgan fingerprint density at radius 3 is 2.41 bits per heavy atom. The molecule has 0 fully saturated rings. The van der Waals surface area contributed by atoms with Crippen LogP contribution in [-0.4, -0.2) is 18.5 Å². The first-order valence-corrected chi connectivity index (χ1v) is 10.4. The Kier molecular flexibility index (Phi) is 6.18. The van der Waals surface area contributed by atoms with Crippen molar-refractivity contribution in [2.45, 2.75) is 33.1 Å². The van der Waals surface area contributed by atoms with E-state index in [-0.39, 0.29) is 17.9 Å². The van der Waals surface area contributed by atoms with Crippen LogP contribution in [0, 0.1) is 0 Å². The molecule has 4 nitrogen and oxygen atoms in total. The number of thiophene rings is 1. The lowest BCUT2D eigenvalue weighted by Crippen LogP contribution is -2.12. The van der Waals surface area contributed by atoms with Gasteiger partial charge in [-0.25, -0.2) is 4.79 Å². The molecule has 0 spiro atoms. The number of nitrogens with one attached hydrogen (secondary N) is 1. The topological polar surface area (TPSA) is 55.4 Å². The van der Waals surface area contributed by atoms with Crippen molar-refractivity contribution in [3.05, 3.63) is 71.3 Å². The van der Waals surface area contributed by atoms with Crippen molar-refractivity contribution >= 4 is 44.4 Å². The van der Waals surface area contributed by atoms with Gasteiger partial charge < -0.3 is 10.1 Å². The minimum absolute atomic E-state index is 0.0876. The van der Waals surface area contributed by atoms with Crippen molar-refractivity contribution in [3.63, 3.8) is 0 Å². The number of esters is 1. The van der Waals surface area contributed by atoms with E-state index >= 15 is 0 Å². The van der Waals surface area contributed by atoms with Gasteiger partial charge >= 0.3 is 5.97 Å². The molecule has 1 N–H and O–H groups in total. The van der Waals surface area contributed by atoms with Crippen LogP contribution in [0.25, 0.3) is 16.2 Å². The highest BCUT2D eigenvalue weighted by Crippen LogP contribution is 2.36. The predicted octanol–water partition coefficient (Wildman–Crippen LogP) is 6.03. The van der Waals surface area contributed by atoms with E-state index in [1.165, 1.54) is 23.0 Å². The van der Waals surface area contributed by atoms with E-state index in [0.717, 1.165) is 15.6 Å². The van der Waals surface area contributed by atoms with Gasteiger partial charge in [-0.15, -0.1) is 11.3 Å². The van der Waals surface area contributed by atoms with Gasteiger partial charge in [-0.05, 0) is 35.6 Å². The maximum Gasteiger partial charge on any atom is 0.341 e. The number of anilines is 1. The van der Waals surface area contributed by atoms with Crippen molar-refractivity contribution in [1.82, 2.24) is 0 Å². The van der Waals surface area contributed by atoms with Crippen LogP contribution >= 0.6 is 11.3 Å². The molecule has 0 saturated carbocycles. The summed E-state index contributed by atoms with van der Waals surface area (Å²) in [5, 5.41) is 4.12. The van der Waals surface area contributed by atoms with Crippen molar-refractivity contribution in [3.8, 4) is 0 Å². The third-order valence-corrected chi connectivity index (χ3v) is 5.60. The number of carbonyl (C=O) groups excluding carboxylic acids is 2. The molecule has 5 heteroatoms. The van der Waals surface area contributed by atoms with Gasteiger partial charge in [0.25, 0.3) is 0 Å². The molecule has 0 aliphatic carbocycles. The SMILES string of the molecule is CCOC(=O)c1c(NC(=O)C=Cc2ccc(C(C)(C)C)cc2)sc2ccccc12. The van der Waals surface area contributed by atoms with Gasteiger partial charge in [0.2, 0.25) is 5.91 Å². The number of hydrogen-bond donors (Lipinski definition) is 1. The quantitative estimate of drug-likeness (QED) is 0.415. The van der Waals surface area contributed by atoms with Crippen LogP contribution in [0.4, 0.5) is 5.00 Å². The van der Waals surface area contributed by atoms with E-state index in [1.807, 2.05) is 36.4 Å². The summed E-state index contributed by atoms with van der Waals surface area (Å²) in [5.41, 5.74) is 2.67. The van der Waals surface area contributed by atoms with E-state index in [1.54, 1.807) is 13.0 Å². The largest absolute Gasteiger partial charge is 0.462 e. The number of rotatable bonds is 5. The van der Waals surface area contributed by atoms with Crippen molar-refractivity contribution in [2.75, 3.05) is 11.9 Å². The monoisotopic (exact) mass is 407 g/mol. The molecule has 0 aliphatic heterocycles.